The average Bonchev–Trinajstić information content (AvgIpc) is 3.34. The predicted molar refractivity (Wildman–Crippen MR) is 146 cm³/mol. The minimum atomic E-state index is -0.376. The third kappa shape index (κ3) is 4.77. The third-order valence-corrected chi connectivity index (χ3v) is 8.64. The Bertz CT molecular complexity index is 1500. The highest BCUT2D eigenvalue weighted by Crippen LogP contribution is 2.45. The summed E-state index contributed by atoms with van der Waals surface area (Å²) in [5.41, 5.74) is 4.85. The lowest BCUT2D eigenvalue weighted by Gasteiger charge is -2.47. The van der Waals surface area contributed by atoms with Gasteiger partial charge >= 0.3 is 0 Å². The van der Waals surface area contributed by atoms with E-state index in [0.717, 1.165) is 47.1 Å². The molecule has 198 valence electrons. The molecule has 1 saturated carbocycles. The normalized spacial score (nSPS) is 18.7. The second kappa shape index (κ2) is 10.1. The molecule has 2 aliphatic rings. The van der Waals surface area contributed by atoms with E-state index in [1.54, 1.807) is 16.8 Å². The van der Waals surface area contributed by atoms with Crippen molar-refractivity contribution < 1.29 is 4.39 Å². The van der Waals surface area contributed by atoms with Crippen molar-refractivity contribution in [2.45, 2.75) is 71.4 Å². The highest BCUT2D eigenvalue weighted by molar-refractivity contribution is 5.83. The number of halogens is 1. The predicted octanol–water partition coefficient (Wildman–Crippen LogP) is 5.45. The van der Waals surface area contributed by atoms with E-state index < -0.39 is 0 Å². The second-order valence-electron chi connectivity index (χ2n) is 11.5. The van der Waals surface area contributed by atoms with Gasteiger partial charge in [-0.15, -0.1) is 5.10 Å². The van der Waals surface area contributed by atoms with Gasteiger partial charge in [-0.05, 0) is 103 Å². The Morgan fingerprint density at radius 1 is 1.03 bits per heavy atom. The number of rotatable bonds is 5. The Balaban J connectivity index is 1.47. The van der Waals surface area contributed by atoms with Crippen molar-refractivity contribution in [2.24, 2.45) is 5.41 Å². The molecule has 0 unspecified atom stereocenters. The minimum Gasteiger partial charge on any atom is -0.321 e. The van der Waals surface area contributed by atoms with Crippen LogP contribution in [0.4, 0.5) is 4.39 Å². The first-order valence-corrected chi connectivity index (χ1v) is 13.8. The van der Waals surface area contributed by atoms with Crippen molar-refractivity contribution in [3.63, 3.8) is 0 Å². The van der Waals surface area contributed by atoms with Gasteiger partial charge in [-0.2, -0.15) is 0 Å². The molecule has 0 radical (unpaired) electrons. The second-order valence-corrected chi connectivity index (χ2v) is 11.5. The number of hydrogen-bond donors (Lipinski definition) is 1. The van der Waals surface area contributed by atoms with Gasteiger partial charge in [0.05, 0.1) is 12.1 Å². The van der Waals surface area contributed by atoms with Crippen molar-refractivity contribution in [3.05, 3.63) is 86.7 Å². The molecule has 3 heterocycles. The van der Waals surface area contributed by atoms with Crippen LogP contribution in [0.2, 0.25) is 0 Å². The van der Waals surface area contributed by atoms with Crippen LogP contribution in [0.15, 0.2) is 47.3 Å². The number of H-pyrrole nitrogens is 1. The van der Waals surface area contributed by atoms with E-state index in [9.17, 15) is 9.18 Å². The summed E-state index contributed by atoms with van der Waals surface area (Å²) in [6.07, 6.45) is 8.67. The number of piperidine rings is 1. The standard InChI is InChI=1S/C30H35FN6O/c1-20-15-21(2)26-23(16-20)17-25(29(38)32-26)27(36-14-6-13-30(19-36)11-4-3-5-12-30)28-33-34-35-37(28)18-22-7-9-24(31)10-8-22/h7-10,15-17,27H,3-6,11-14,18-19H2,1-2H3,(H,32,38)/t27-/m1/s1. The molecule has 1 aliphatic heterocycles. The molecule has 2 fully saturated rings. The van der Waals surface area contributed by atoms with Crippen LogP contribution in [0.3, 0.4) is 0 Å². The molecule has 1 saturated heterocycles. The molecule has 1 aliphatic carbocycles. The molecule has 1 atom stereocenters. The zero-order valence-corrected chi connectivity index (χ0v) is 22.2. The van der Waals surface area contributed by atoms with Gasteiger partial charge in [0.15, 0.2) is 5.82 Å². The summed E-state index contributed by atoms with van der Waals surface area (Å²) in [5, 5.41) is 13.9. The fourth-order valence-corrected chi connectivity index (χ4v) is 6.87. The lowest BCUT2D eigenvalue weighted by molar-refractivity contribution is 0.0340. The summed E-state index contributed by atoms with van der Waals surface area (Å²) < 4.78 is 15.3. The first-order valence-electron chi connectivity index (χ1n) is 13.8. The SMILES string of the molecule is Cc1cc(C)c2[nH]c(=O)c([C@H](c3nnnn3Cc3ccc(F)cc3)N3CCCC4(CCCCC4)C3)cc2c1. The smallest absolute Gasteiger partial charge is 0.253 e. The van der Waals surface area contributed by atoms with Gasteiger partial charge in [-0.3, -0.25) is 9.69 Å². The largest absolute Gasteiger partial charge is 0.321 e. The number of fused-ring (bicyclic) bond motifs is 1. The van der Waals surface area contributed by atoms with E-state index in [-0.39, 0.29) is 17.4 Å². The Kier molecular flexibility index (Phi) is 6.60. The number of aromatic nitrogens is 5. The molecule has 2 aromatic heterocycles. The number of aryl methyl sites for hydroxylation is 2. The quantitative estimate of drug-likeness (QED) is 0.383. The van der Waals surface area contributed by atoms with Crippen LogP contribution >= 0.6 is 0 Å². The van der Waals surface area contributed by atoms with Crippen molar-refractivity contribution in [2.75, 3.05) is 13.1 Å². The molecule has 38 heavy (non-hydrogen) atoms. The van der Waals surface area contributed by atoms with Crippen molar-refractivity contribution in [1.29, 1.82) is 0 Å². The average molecular weight is 515 g/mol. The van der Waals surface area contributed by atoms with Gasteiger partial charge in [-0.1, -0.05) is 43.0 Å². The molecule has 0 amide bonds. The van der Waals surface area contributed by atoms with Crippen LogP contribution in [-0.2, 0) is 6.54 Å². The van der Waals surface area contributed by atoms with Crippen LogP contribution in [0.1, 0.15) is 79.1 Å². The highest BCUT2D eigenvalue weighted by atomic mass is 19.1. The summed E-state index contributed by atoms with van der Waals surface area (Å²) in [4.78, 5) is 19.3. The van der Waals surface area contributed by atoms with Crippen LogP contribution < -0.4 is 5.56 Å². The Morgan fingerprint density at radius 3 is 2.58 bits per heavy atom. The number of pyridine rings is 1. The van der Waals surface area contributed by atoms with Gasteiger partial charge in [0, 0.05) is 12.1 Å². The lowest BCUT2D eigenvalue weighted by atomic mass is 9.69. The lowest BCUT2D eigenvalue weighted by Crippen LogP contribution is -2.47. The molecule has 4 aromatic rings. The van der Waals surface area contributed by atoms with Crippen LogP contribution in [0, 0.1) is 25.1 Å². The number of tetrazole rings is 1. The van der Waals surface area contributed by atoms with E-state index in [1.807, 2.05) is 13.0 Å². The molecule has 1 N–H and O–H groups in total. The maximum atomic E-state index is 13.7. The van der Waals surface area contributed by atoms with Gasteiger partial charge < -0.3 is 4.98 Å². The number of benzene rings is 2. The topological polar surface area (TPSA) is 79.7 Å². The molecule has 6 rings (SSSR count). The Hall–Kier alpha value is -3.39. The summed E-state index contributed by atoms with van der Waals surface area (Å²) >= 11 is 0. The number of nitrogens with zero attached hydrogens (tertiary/aromatic N) is 5. The number of likely N-dealkylation sites (tertiary alicyclic amines) is 1. The maximum absolute atomic E-state index is 13.7. The monoisotopic (exact) mass is 514 g/mol. The fourth-order valence-electron chi connectivity index (χ4n) is 6.87. The van der Waals surface area contributed by atoms with Gasteiger partial charge in [0.2, 0.25) is 0 Å². The molecule has 7 nitrogen and oxygen atoms in total. The molecular formula is C30H35FN6O. The fraction of sp³-hybridized carbons (Fsp3) is 0.467. The van der Waals surface area contributed by atoms with E-state index in [0.29, 0.717) is 23.3 Å². The Morgan fingerprint density at radius 2 is 1.79 bits per heavy atom. The zero-order chi connectivity index (χ0) is 26.3. The molecule has 1 spiro atoms. The van der Waals surface area contributed by atoms with Crippen molar-refractivity contribution in [3.8, 4) is 0 Å². The maximum Gasteiger partial charge on any atom is 0.253 e. The highest BCUT2D eigenvalue weighted by Gasteiger charge is 2.41. The summed E-state index contributed by atoms with van der Waals surface area (Å²) in [7, 11) is 0. The number of aromatic amines is 1. The molecule has 0 bridgehead atoms. The van der Waals surface area contributed by atoms with Crippen LogP contribution in [0.5, 0.6) is 0 Å². The zero-order valence-electron chi connectivity index (χ0n) is 22.2. The van der Waals surface area contributed by atoms with Gasteiger partial charge in [0.1, 0.15) is 11.9 Å². The summed E-state index contributed by atoms with van der Waals surface area (Å²) in [6.45, 7) is 6.34. The van der Waals surface area contributed by atoms with Crippen molar-refractivity contribution in [1.82, 2.24) is 30.1 Å². The van der Waals surface area contributed by atoms with E-state index in [1.165, 1.54) is 50.7 Å². The first kappa shape index (κ1) is 24.9. The van der Waals surface area contributed by atoms with E-state index in [4.69, 9.17) is 0 Å². The Labute approximate surface area is 222 Å². The van der Waals surface area contributed by atoms with E-state index in [2.05, 4.69) is 44.5 Å². The van der Waals surface area contributed by atoms with Gasteiger partial charge in [0.25, 0.3) is 5.56 Å². The number of hydrogen-bond acceptors (Lipinski definition) is 5. The van der Waals surface area contributed by atoms with Crippen LogP contribution in [-0.4, -0.2) is 43.2 Å². The summed E-state index contributed by atoms with van der Waals surface area (Å²) in [6, 6.07) is 12.3. The van der Waals surface area contributed by atoms with Crippen LogP contribution in [0.25, 0.3) is 10.9 Å². The minimum absolute atomic E-state index is 0.103. The summed E-state index contributed by atoms with van der Waals surface area (Å²) in [5.74, 6) is 0.374. The number of nitrogens with one attached hydrogen (secondary N) is 1. The third-order valence-electron chi connectivity index (χ3n) is 8.64. The van der Waals surface area contributed by atoms with E-state index >= 15 is 0 Å². The van der Waals surface area contributed by atoms with Crippen molar-refractivity contribution >= 4 is 10.9 Å². The molecule has 2 aromatic carbocycles. The first-order chi connectivity index (χ1) is 18.4. The molecule has 8 heteroatoms. The molecular weight excluding hydrogens is 479 g/mol. The van der Waals surface area contributed by atoms with Gasteiger partial charge in [-0.25, -0.2) is 9.07 Å².